The summed E-state index contributed by atoms with van der Waals surface area (Å²) in [6.07, 6.45) is 6.89. The Kier molecular flexibility index (Phi) is 8.37. The van der Waals surface area contributed by atoms with Crippen LogP contribution < -0.4 is 10.6 Å². The van der Waals surface area contributed by atoms with E-state index in [1.807, 2.05) is 24.3 Å². The zero-order chi connectivity index (χ0) is 27.1. The van der Waals surface area contributed by atoms with E-state index in [9.17, 15) is 19.5 Å². The Hall–Kier alpha value is -4.25. The summed E-state index contributed by atoms with van der Waals surface area (Å²) in [5.41, 5.74) is 2.38. The normalized spacial score (nSPS) is 22.4. The van der Waals surface area contributed by atoms with Gasteiger partial charge in [-0.25, -0.2) is 0 Å². The smallest absolute Gasteiger partial charge is 0.303 e. The van der Waals surface area contributed by atoms with E-state index in [1.54, 1.807) is 18.3 Å². The molecule has 0 saturated heterocycles. The molecule has 1 aliphatic heterocycles. The van der Waals surface area contributed by atoms with Crippen molar-refractivity contribution < 1.29 is 24.6 Å². The molecule has 2 amide bonds. The minimum atomic E-state index is -1.48. The summed E-state index contributed by atoms with van der Waals surface area (Å²) < 4.78 is 0. The van der Waals surface area contributed by atoms with Gasteiger partial charge in [-0.15, -0.1) is 5.10 Å². The predicted molar refractivity (Wildman–Crippen MR) is 141 cm³/mol. The van der Waals surface area contributed by atoms with E-state index in [0.29, 0.717) is 41.3 Å². The van der Waals surface area contributed by atoms with Crippen molar-refractivity contribution in [2.24, 2.45) is 16.1 Å². The standard InChI is InChI=1S/C27H30N6O5/c1-28-26(37)27(38)13-5-6-18-19(12-14-27)25(20-7-2-3-15-29-20)33-32-24(18)21-11-10-17(16-30-21)31-22(34)8-4-9-23(35)36/h2-3,6-7,10-11,15-16,19,38H,4-5,8-9,12-14H2,1H3,(H,28,37)(H,31,34)(H,35,36)/b18-6+/t19?,27-/m1/s1. The van der Waals surface area contributed by atoms with E-state index in [0.717, 1.165) is 5.57 Å². The van der Waals surface area contributed by atoms with Crippen molar-refractivity contribution in [2.75, 3.05) is 12.4 Å². The molecule has 3 heterocycles. The number of fused-ring (bicyclic) bond motifs is 1. The summed E-state index contributed by atoms with van der Waals surface area (Å²) in [5, 5.41) is 34.1. The second-order valence-electron chi connectivity index (χ2n) is 9.28. The third-order valence-corrected chi connectivity index (χ3v) is 6.67. The number of carboxylic acid groups (broad SMARTS) is 1. The van der Waals surface area contributed by atoms with Crippen LogP contribution in [-0.2, 0) is 14.4 Å². The van der Waals surface area contributed by atoms with Crippen LogP contribution in [0.5, 0.6) is 0 Å². The molecule has 198 valence electrons. The third kappa shape index (κ3) is 6.17. The molecular formula is C27H30N6O5. The van der Waals surface area contributed by atoms with Crippen molar-refractivity contribution >= 4 is 34.9 Å². The van der Waals surface area contributed by atoms with Gasteiger partial charge >= 0.3 is 5.97 Å². The topological polar surface area (TPSA) is 166 Å². The van der Waals surface area contributed by atoms with Crippen molar-refractivity contribution in [3.63, 3.8) is 0 Å². The highest BCUT2D eigenvalue weighted by Crippen LogP contribution is 2.35. The number of pyridine rings is 2. The fraction of sp³-hybridized carbons (Fsp3) is 0.370. The quantitative estimate of drug-likeness (QED) is 0.416. The highest BCUT2D eigenvalue weighted by molar-refractivity contribution is 6.19. The largest absolute Gasteiger partial charge is 0.481 e. The third-order valence-electron chi connectivity index (χ3n) is 6.67. The number of likely N-dealkylation sites (N-methyl/N-ethyl adjacent to an activating group) is 1. The number of hydrogen-bond donors (Lipinski definition) is 4. The number of anilines is 1. The van der Waals surface area contributed by atoms with Crippen LogP contribution >= 0.6 is 0 Å². The minimum absolute atomic E-state index is 0.0672. The minimum Gasteiger partial charge on any atom is -0.481 e. The predicted octanol–water partition coefficient (Wildman–Crippen LogP) is 2.47. The van der Waals surface area contributed by atoms with E-state index in [2.05, 4.69) is 30.8 Å². The molecule has 38 heavy (non-hydrogen) atoms. The molecule has 0 fully saturated rings. The number of carboxylic acids is 1. The van der Waals surface area contributed by atoms with Gasteiger partial charge in [-0.05, 0) is 61.9 Å². The van der Waals surface area contributed by atoms with E-state index in [1.165, 1.54) is 13.2 Å². The number of aliphatic hydroxyl groups is 1. The number of nitrogens with one attached hydrogen (secondary N) is 2. The lowest BCUT2D eigenvalue weighted by molar-refractivity contribution is -0.141. The lowest BCUT2D eigenvalue weighted by Gasteiger charge is -2.33. The fourth-order valence-electron chi connectivity index (χ4n) is 4.68. The SMILES string of the molecule is CNC(=O)[C@@]1(O)CC/C=C2/C(c3ccc(NC(=O)CCCC(=O)O)cn3)=NN=C(c3ccccn3)C2CC1. The monoisotopic (exact) mass is 518 g/mol. The van der Waals surface area contributed by atoms with E-state index in [-0.39, 0.29) is 43.9 Å². The summed E-state index contributed by atoms with van der Waals surface area (Å²) in [7, 11) is 1.51. The highest BCUT2D eigenvalue weighted by Gasteiger charge is 2.40. The van der Waals surface area contributed by atoms with Crippen molar-refractivity contribution in [1.29, 1.82) is 0 Å². The van der Waals surface area contributed by atoms with Gasteiger partial charge < -0.3 is 20.8 Å². The van der Waals surface area contributed by atoms with Gasteiger partial charge in [0.05, 0.1) is 29.0 Å². The molecule has 11 nitrogen and oxygen atoms in total. The number of hydrogen-bond acceptors (Lipinski definition) is 8. The van der Waals surface area contributed by atoms with Gasteiger partial charge in [-0.3, -0.25) is 24.4 Å². The van der Waals surface area contributed by atoms with Gasteiger partial charge in [-0.1, -0.05) is 12.1 Å². The van der Waals surface area contributed by atoms with Crippen molar-refractivity contribution in [3.05, 3.63) is 65.8 Å². The number of rotatable bonds is 8. The molecule has 1 unspecified atom stereocenters. The Morgan fingerprint density at radius 2 is 1.89 bits per heavy atom. The zero-order valence-electron chi connectivity index (χ0n) is 21.1. The highest BCUT2D eigenvalue weighted by atomic mass is 16.4. The van der Waals surface area contributed by atoms with Gasteiger partial charge in [0.15, 0.2) is 0 Å². The number of aliphatic carboxylic acids is 1. The molecule has 2 aromatic heterocycles. The molecule has 4 rings (SSSR count). The van der Waals surface area contributed by atoms with Gasteiger partial charge in [0.1, 0.15) is 11.3 Å². The summed E-state index contributed by atoms with van der Waals surface area (Å²) in [6, 6.07) is 8.99. The molecule has 0 bridgehead atoms. The van der Waals surface area contributed by atoms with Gasteiger partial charge in [0.2, 0.25) is 5.91 Å². The molecule has 1 aliphatic carbocycles. The lowest BCUT2D eigenvalue weighted by atomic mass is 9.76. The Morgan fingerprint density at radius 3 is 2.58 bits per heavy atom. The van der Waals surface area contributed by atoms with Crippen molar-refractivity contribution in [2.45, 2.75) is 50.5 Å². The number of allylic oxidation sites excluding steroid dienone is 2. The van der Waals surface area contributed by atoms with Crippen LogP contribution in [0.25, 0.3) is 0 Å². The Balaban J connectivity index is 1.61. The first-order valence-corrected chi connectivity index (χ1v) is 12.5. The Labute approximate surface area is 219 Å². The number of aromatic nitrogens is 2. The molecule has 0 radical (unpaired) electrons. The molecule has 0 spiro atoms. The Bertz CT molecular complexity index is 1290. The van der Waals surface area contributed by atoms with Crippen molar-refractivity contribution in [3.8, 4) is 0 Å². The molecule has 11 heteroatoms. The molecule has 2 aromatic rings. The average molecular weight is 519 g/mol. The van der Waals surface area contributed by atoms with Crippen molar-refractivity contribution in [1.82, 2.24) is 15.3 Å². The van der Waals surface area contributed by atoms with Crippen LogP contribution in [0, 0.1) is 5.92 Å². The number of nitrogens with zero attached hydrogens (tertiary/aromatic N) is 4. The maximum atomic E-state index is 12.4. The van der Waals surface area contributed by atoms with Crippen LogP contribution in [0.4, 0.5) is 5.69 Å². The maximum absolute atomic E-state index is 12.4. The van der Waals surface area contributed by atoms with E-state index < -0.39 is 17.5 Å². The van der Waals surface area contributed by atoms with E-state index in [4.69, 9.17) is 5.11 Å². The summed E-state index contributed by atoms with van der Waals surface area (Å²) in [6.45, 7) is 0. The second kappa shape index (κ2) is 11.9. The van der Waals surface area contributed by atoms with Crippen LogP contribution in [0.1, 0.15) is 56.3 Å². The number of carbonyl (C=O) groups excluding carboxylic acids is 2. The van der Waals surface area contributed by atoms with Crippen LogP contribution in [-0.4, -0.2) is 62.0 Å². The molecule has 4 N–H and O–H groups in total. The van der Waals surface area contributed by atoms with Gasteiger partial charge in [-0.2, -0.15) is 5.10 Å². The first-order valence-electron chi connectivity index (χ1n) is 12.5. The number of carbonyl (C=O) groups is 3. The average Bonchev–Trinajstić information content (AvgIpc) is 2.91. The van der Waals surface area contributed by atoms with Crippen LogP contribution in [0.15, 0.2) is 64.6 Å². The second-order valence-corrected chi connectivity index (χ2v) is 9.28. The Morgan fingerprint density at radius 1 is 1.05 bits per heavy atom. The molecule has 0 saturated carbocycles. The fourth-order valence-corrected chi connectivity index (χ4v) is 4.68. The molecule has 0 aromatic carbocycles. The van der Waals surface area contributed by atoms with Gasteiger partial charge in [0, 0.05) is 32.0 Å². The molecule has 2 aliphatic rings. The maximum Gasteiger partial charge on any atom is 0.303 e. The molecular weight excluding hydrogens is 488 g/mol. The summed E-state index contributed by atoms with van der Waals surface area (Å²) in [5.74, 6) is -1.89. The zero-order valence-corrected chi connectivity index (χ0v) is 21.1. The lowest BCUT2D eigenvalue weighted by Crippen LogP contribution is -2.46. The summed E-state index contributed by atoms with van der Waals surface area (Å²) >= 11 is 0. The van der Waals surface area contributed by atoms with Crippen LogP contribution in [0.3, 0.4) is 0 Å². The van der Waals surface area contributed by atoms with Crippen LogP contribution in [0.2, 0.25) is 0 Å². The molecule has 2 atom stereocenters. The van der Waals surface area contributed by atoms with Gasteiger partial charge in [0.25, 0.3) is 5.91 Å². The van der Waals surface area contributed by atoms with E-state index >= 15 is 0 Å². The first kappa shape index (κ1) is 26.8. The summed E-state index contributed by atoms with van der Waals surface area (Å²) in [4.78, 5) is 44.1. The number of amides is 2. The first-order chi connectivity index (χ1) is 18.3.